The number of ether oxygens (including phenoxy) is 2. The SMILES string of the molecule is COc1cc2c(c3oc(=O)c(CCC(=O)NCC(C)C)c(C)c13)CCC(C)(C)O2. The van der Waals surface area contributed by atoms with Crippen LogP contribution in [0.4, 0.5) is 0 Å². The zero-order valence-electron chi connectivity index (χ0n) is 18.2. The zero-order valence-corrected chi connectivity index (χ0v) is 18.2. The summed E-state index contributed by atoms with van der Waals surface area (Å²) in [6, 6.07) is 1.88. The Hall–Kier alpha value is -2.50. The molecule has 0 saturated carbocycles. The van der Waals surface area contributed by atoms with Crippen molar-refractivity contribution in [3.63, 3.8) is 0 Å². The number of rotatable bonds is 6. The second-order valence-electron chi connectivity index (χ2n) is 8.81. The second kappa shape index (κ2) is 8.09. The number of aryl methyl sites for hydroxylation is 2. The summed E-state index contributed by atoms with van der Waals surface area (Å²) in [6.45, 7) is 10.7. The molecule has 3 rings (SSSR count). The molecule has 0 saturated heterocycles. The molecule has 1 aromatic carbocycles. The van der Waals surface area contributed by atoms with Crippen molar-refractivity contribution in [3.05, 3.63) is 33.2 Å². The first kappa shape index (κ1) is 21.2. The number of carbonyl (C=O) groups is 1. The molecule has 158 valence electrons. The number of hydrogen-bond donors (Lipinski definition) is 1. The van der Waals surface area contributed by atoms with E-state index in [4.69, 9.17) is 13.9 Å². The fourth-order valence-corrected chi connectivity index (χ4v) is 3.78. The van der Waals surface area contributed by atoms with Crippen molar-refractivity contribution >= 4 is 16.9 Å². The van der Waals surface area contributed by atoms with E-state index in [2.05, 4.69) is 5.32 Å². The van der Waals surface area contributed by atoms with E-state index < -0.39 is 5.63 Å². The Morgan fingerprint density at radius 2 is 2.07 bits per heavy atom. The Balaban J connectivity index is 2.00. The first-order valence-corrected chi connectivity index (χ1v) is 10.2. The van der Waals surface area contributed by atoms with Crippen LogP contribution in [0.25, 0.3) is 11.0 Å². The van der Waals surface area contributed by atoms with Crippen LogP contribution in [0.15, 0.2) is 15.3 Å². The van der Waals surface area contributed by atoms with E-state index >= 15 is 0 Å². The van der Waals surface area contributed by atoms with Gasteiger partial charge in [-0.2, -0.15) is 0 Å². The average molecular weight is 402 g/mol. The van der Waals surface area contributed by atoms with Gasteiger partial charge in [-0.3, -0.25) is 4.79 Å². The molecule has 0 atom stereocenters. The van der Waals surface area contributed by atoms with Gasteiger partial charge >= 0.3 is 5.63 Å². The van der Waals surface area contributed by atoms with E-state index in [1.165, 1.54) is 0 Å². The molecular formula is C23H31NO5. The minimum Gasteiger partial charge on any atom is -0.496 e. The molecule has 0 fully saturated rings. The van der Waals surface area contributed by atoms with Crippen molar-refractivity contribution in [3.8, 4) is 11.5 Å². The maximum Gasteiger partial charge on any atom is 0.339 e. The molecule has 1 aliphatic rings. The van der Waals surface area contributed by atoms with E-state index in [9.17, 15) is 9.59 Å². The molecule has 29 heavy (non-hydrogen) atoms. The number of benzene rings is 1. The quantitative estimate of drug-likeness (QED) is 0.743. The summed E-state index contributed by atoms with van der Waals surface area (Å²) in [5.41, 5.74) is 2.09. The molecule has 0 aliphatic carbocycles. The Morgan fingerprint density at radius 1 is 1.34 bits per heavy atom. The summed E-state index contributed by atoms with van der Waals surface area (Å²) in [6.07, 6.45) is 2.18. The molecule has 2 heterocycles. The van der Waals surface area contributed by atoms with E-state index in [1.807, 2.05) is 40.7 Å². The summed E-state index contributed by atoms with van der Waals surface area (Å²) >= 11 is 0. The highest BCUT2D eigenvalue weighted by molar-refractivity contribution is 5.92. The zero-order chi connectivity index (χ0) is 21.3. The maximum absolute atomic E-state index is 12.8. The second-order valence-corrected chi connectivity index (χ2v) is 8.81. The fourth-order valence-electron chi connectivity index (χ4n) is 3.78. The van der Waals surface area contributed by atoms with Crippen molar-refractivity contribution in [2.24, 2.45) is 5.92 Å². The third-order valence-corrected chi connectivity index (χ3v) is 5.47. The smallest absolute Gasteiger partial charge is 0.339 e. The van der Waals surface area contributed by atoms with Gasteiger partial charge in [0.2, 0.25) is 5.91 Å². The lowest BCUT2D eigenvalue weighted by molar-refractivity contribution is -0.121. The van der Waals surface area contributed by atoms with Crippen molar-refractivity contribution in [2.75, 3.05) is 13.7 Å². The van der Waals surface area contributed by atoms with Gasteiger partial charge in [-0.15, -0.1) is 0 Å². The van der Waals surface area contributed by atoms with Crippen LogP contribution in [0.2, 0.25) is 0 Å². The highest BCUT2D eigenvalue weighted by Crippen LogP contribution is 2.43. The third-order valence-electron chi connectivity index (χ3n) is 5.47. The Morgan fingerprint density at radius 3 is 2.72 bits per heavy atom. The highest BCUT2D eigenvalue weighted by atomic mass is 16.5. The largest absolute Gasteiger partial charge is 0.496 e. The van der Waals surface area contributed by atoms with Crippen LogP contribution >= 0.6 is 0 Å². The average Bonchev–Trinajstić information content (AvgIpc) is 2.64. The van der Waals surface area contributed by atoms with E-state index in [-0.39, 0.29) is 17.9 Å². The number of nitrogens with one attached hydrogen (secondary N) is 1. The van der Waals surface area contributed by atoms with Gasteiger partial charge in [-0.25, -0.2) is 4.79 Å². The van der Waals surface area contributed by atoms with Gasteiger partial charge in [0.25, 0.3) is 0 Å². The van der Waals surface area contributed by atoms with Crippen LogP contribution in [0.1, 0.15) is 57.2 Å². The third kappa shape index (κ3) is 4.41. The Bertz CT molecular complexity index is 987. The lowest BCUT2D eigenvalue weighted by atomic mass is 9.91. The number of fused-ring (bicyclic) bond motifs is 3. The molecule has 0 spiro atoms. The molecule has 0 bridgehead atoms. The highest BCUT2D eigenvalue weighted by Gasteiger charge is 2.31. The van der Waals surface area contributed by atoms with Crippen molar-refractivity contribution in [1.82, 2.24) is 5.32 Å². The molecule has 2 aromatic rings. The number of amides is 1. The molecule has 1 aromatic heterocycles. The maximum atomic E-state index is 12.8. The van der Waals surface area contributed by atoms with Crippen LogP contribution in [0, 0.1) is 12.8 Å². The van der Waals surface area contributed by atoms with E-state index in [0.29, 0.717) is 41.5 Å². The summed E-state index contributed by atoms with van der Waals surface area (Å²) in [5, 5.41) is 3.67. The predicted molar refractivity (Wildman–Crippen MR) is 113 cm³/mol. The molecule has 0 unspecified atom stereocenters. The Labute approximate surface area is 171 Å². The number of carbonyl (C=O) groups excluding carboxylic acids is 1. The molecule has 1 amide bonds. The van der Waals surface area contributed by atoms with Crippen LogP contribution in [0.5, 0.6) is 11.5 Å². The van der Waals surface area contributed by atoms with Crippen molar-refractivity contribution < 1.29 is 18.7 Å². The van der Waals surface area contributed by atoms with E-state index in [1.54, 1.807) is 7.11 Å². The van der Waals surface area contributed by atoms with Crippen LogP contribution in [0.3, 0.4) is 0 Å². The number of methoxy groups -OCH3 is 1. The molecule has 6 nitrogen and oxygen atoms in total. The normalized spacial score (nSPS) is 15.1. The summed E-state index contributed by atoms with van der Waals surface area (Å²) < 4.78 is 17.5. The van der Waals surface area contributed by atoms with Crippen LogP contribution in [-0.2, 0) is 17.6 Å². The van der Waals surface area contributed by atoms with Gasteiger partial charge in [0.05, 0.1) is 12.5 Å². The predicted octanol–water partition coefficient (Wildman–Crippen LogP) is 3.92. The Kier molecular flexibility index (Phi) is 5.92. The standard InChI is InChI=1S/C23H31NO5/c1-13(2)12-24-19(25)8-7-15-14(3)20-18(27-6)11-17-16(21(20)28-22(15)26)9-10-23(4,5)29-17/h11,13H,7-10,12H2,1-6H3,(H,24,25). The lowest BCUT2D eigenvalue weighted by Gasteiger charge is -2.33. The van der Waals surface area contributed by atoms with Gasteiger partial charge < -0.3 is 19.2 Å². The van der Waals surface area contributed by atoms with Gasteiger partial charge in [-0.05, 0) is 51.5 Å². The molecule has 0 radical (unpaired) electrons. The fraction of sp³-hybridized carbons (Fsp3) is 0.565. The molecular weight excluding hydrogens is 370 g/mol. The van der Waals surface area contributed by atoms with Gasteiger partial charge in [-0.1, -0.05) is 13.8 Å². The molecule has 1 aliphatic heterocycles. The summed E-state index contributed by atoms with van der Waals surface area (Å²) in [7, 11) is 1.60. The minimum atomic E-state index is -0.396. The molecule has 1 N–H and O–H groups in total. The monoisotopic (exact) mass is 401 g/mol. The summed E-state index contributed by atoms with van der Waals surface area (Å²) in [4.78, 5) is 24.9. The summed E-state index contributed by atoms with van der Waals surface area (Å²) in [5.74, 6) is 1.64. The van der Waals surface area contributed by atoms with Crippen LogP contribution in [-0.4, -0.2) is 25.2 Å². The lowest BCUT2D eigenvalue weighted by Crippen LogP contribution is -2.32. The topological polar surface area (TPSA) is 77.8 Å². The minimum absolute atomic E-state index is 0.0642. The number of hydrogen-bond acceptors (Lipinski definition) is 5. The molecule has 6 heteroatoms. The first-order chi connectivity index (χ1) is 13.6. The van der Waals surface area contributed by atoms with Gasteiger partial charge in [0, 0.05) is 30.2 Å². The van der Waals surface area contributed by atoms with Crippen LogP contribution < -0.4 is 20.4 Å². The first-order valence-electron chi connectivity index (χ1n) is 10.2. The van der Waals surface area contributed by atoms with Gasteiger partial charge in [0.15, 0.2) is 0 Å². The van der Waals surface area contributed by atoms with E-state index in [0.717, 1.165) is 29.4 Å². The van der Waals surface area contributed by atoms with Crippen molar-refractivity contribution in [1.29, 1.82) is 0 Å². The van der Waals surface area contributed by atoms with Gasteiger partial charge in [0.1, 0.15) is 22.7 Å². The van der Waals surface area contributed by atoms with Crippen molar-refractivity contribution in [2.45, 2.75) is 65.9 Å².